The summed E-state index contributed by atoms with van der Waals surface area (Å²) in [4.78, 5) is 0. The molecule has 1 aromatic rings. The number of ether oxygens (including phenoxy) is 1. The molecule has 102 valence electrons. The predicted molar refractivity (Wildman–Crippen MR) is 73.7 cm³/mol. The number of unbranched alkanes of at least 4 members (excludes halogenated alkanes) is 2. The van der Waals surface area contributed by atoms with Crippen LogP contribution in [0.25, 0.3) is 0 Å². The minimum absolute atomic E-state index is 0.225. The molecular weight excluding hydrogens is 229 g/mol. The van der Waals surface area contributed by atoms with Gasteiger partial charge in [-0.2, -0.15) is 0 Å². The zero-order chi connectivity index (χ0) is 13.2. The molecule has 0 fully saturated rings. The van der Waals surface area contributed by atoms with Crippen LogP contribution in [0.5, 0.6) is 5.75 Å². The highest BCUT2D eigenvalue weighted by Crippen LogP contribution is 2.13. The fourth-order valence-electron chi connectivity index (χ4n) is 1.59. The molecule has 18 heavy (non-hydrogen) atoms. The van der Waals surface area contributed by atoms with Crippen LogP contribution in [0.3, 0.4) is 0 Å². The van der Waals surface area contributed by atoms with Crippen molar-refractivity contribution in [1.29, 1.82) is 0 Å². The summed E-state index contributed by atoms with van der Waals surface area (Å²) in [5.74, 6) is 0.892. The lowest BCUT2D eigenvalue weighted by atomic mass is 10.2. The molecule has 2 nitrogen and oxygen atoms in total. The van der Waals surface area contributed by atoms with Gasteiger partial charge in [0.05, 0.1) is 13.3 Å². The molecule has 0 heterocycles. The third-order valence-electron chi connectivity index (χ3n) is 2.68. The maximum absolute atomic E-state index is 11.9. The van der Waals surface area contributed by atoms with Crippen molar-refractivity contribution in [3.8, 4) is 5.75 Å². The van der Waals surface area contributed by atoms with E-state index in [2.05, 4.69) is 31.3 Å². The van der Waals surface area contributed by atoms with Gasteiger partial charge in [-0.05, 0) is 37.0 Å². The number of rotatable bonds is 9. The van der Waals surface area contributed by atoms with Crippen LogP contribution in [0.1, 0.15) is 38.7 Å². The van der Waals surface area contributed by atoms with Gasteiger partial charge in [0, 0.05) is 12.6 Å². The Balaban J connectivity index is 2.23. The average Bonchev–Trinajstić information content (AvgIpc) is 2.37. The molecule has 0 aliphatic rings. The number of benzene rings is 1. The highest BCUT2D eigenvalue weighted by molar-refractivity contribution is 5.27. The smallest absolute Gasteiger partial charge is 0.119 e. The summed E-state index contributed by atoms with van der Waals surface area (Å²) < 4.78 is 17.5. The first kappa shape index (κ1) is 15.0. The van der Waals surface area contributed by atoms with E-state index < -0.39 is 0 Å². The van der Waals surface area contributed by atoms with Crippen LogP contribution in [0.2, 0.25) is 0 Å². The summed E-state index contributed by atoms with van der Waals surface area (Å²) >= 11 is 0. The van der Waals surface area contributed by atoms with E-state index >= 15 is 0 Å². The molecule has 0 atom stereocenters. The zero-order valence-corrected chi connectivity index (χ0v) is 11.4. The Morgan fingerprint density at radius 3 is 2.44 bits per heavy atom. The molecule has 0 aliphatic heterocycles. The number of halogens is 1. The van der Waals surface area contributed by atoms with Crippen molar-refractivity contribution in [2.24, 2.45) is 0 Å². The van der Waals surface area contributed by atoms with Crippen molar-refractivity contribution in [3.05, 3.63) is 29.8 Å². The van der Waals surface area contributed by atoms with Crippen molar-refractivity contribution in [2.45, 2.75) is 45.7 Å². The van der Waals surface area contributed by atoms with Crippen LogP contribution in [-0.4, -0.2) is 19.3 Å². The molecule has 0 saturated heterocycles. The summed E-state index contributed by atoms with van der Waals surface area (Å²) in [5, 5.41) is 3.37. The van der Waals surface area contributed by atoms with E-state index in [-0.39, 0.29) is 6.67 Å². The van der Waals surface area contributed by atoms with Gasteiger partial charge in [-0.3, -0.25) is 4.39 Å². The second-order valence-corrected chi connectivity index (χ2v) is 4.78. The van der Waals surface area contributed by atoms with E-state index in [1.54, 1.807) is 0 Å². The first-order valence-corrected chi connectivity index (χ1v) is 6.73. The Hall–Kier alpha value is -1.09. The van der Waals surface area contributed by atoms with Crippen LogP contribution in [0, 0.1) is 0 Å². The van der Waals surface area contributed by atoms with Crippen molar-refractivity contribution >= 4 is 0 Å². The number of nitrogens with one attached hydrogen (secondary N) is 1. The second kappa shape index (κ2) is 8.92. The molecule has 0 amide bonds. The Kier molecular flexibility index (Phi) is 7.42. The van der Waals surface area contributed by atoms with Gasteiger partial charge in [0.1, 0.15) is 5.75 Å². The van der Waals surface area contributed by atoms with Gasteiger partial charge in [0.15, 0.2) is 0 Å². The SMILES string of the molecule is CC(C)NCc1ccc(OCCCCCF)cc1. The fourth-order valence-corrected chi connectivity index (χ4v) is 1.59. The molecule has 1 N–H and O–H groups in total. The molecular formula is C15H24FNO. The summed E-state index contributed by atoms with van der Waals surface area (Å²) in [6.45, 7) is 5.60. The lowest BCUT2D eigenvalue weighted by Crippen LogP contribution is -2.21. The largest absolute Gasteiger partial charge is 0.494 e. The molecule has 0 radical (unpaired) electrons. The van der Waals surface area contributed by atoms with E-state index in [1.807, 2.05) is 12.1 Å². The normalized spacial score (nSPS) is 10.9. The molecule has 0 saturated carbocycles. The number of alkyl halides is 1. The van der Waals surface area contributed by atoms with Gasteiger partial charge in [0.2, 0.25) is 0 Å². The first-order chi connectivity index (χ1) is 8.72. The van der Waals surface area contributed by atoms with Gasteiger partial charge in [-0.15, -0.1) is 0 Å². The van der Waals surface area contributed by atoms with Gasteiger partial charge >= 0.3 is 0 Å². The Morgan fingerprint density at radius 1 is 1.11 bits per heavy atom. The van der Waals surface area contributed by atoms with E-state index in [9.17, 15) is 4.39 Å². The van der Waals surface area contributed by atoms with Crippen LogP contribution in [0.15, 0.2) is 24.3 Å². The third-order valence-corrected chi connectivity index (χ3v) is 2.68. The van der Waals surface area contributed by atoms with Crippen molar-refractivity contribution in [2.75, 3.05) is 13.3 Å². The maximum Gasteiger partial charge on any atom is 0.119 e. The van der Waals surface area contributed by atoms with Crippen LogP contribution in [-0.2, 0) is 6.54 Å². The van der Waals surface area contributed by atoms with E-state index in [4.69, 9.17) is 4.74 Å². The van der Waals surface area contributed by atoms with Crippen molar-refractivity contribution < 1.29 is 9.13 Å². The molecule has 0 bridgehead atoms. The molecule has 1 rings (SSSR count). The van der Waals surface area contributed by atoms with Crippen LogP contribution < -0.4 is 10.1 Å². The van der Waals surface area contributed by atoms with Gasteiger partial charge < -0.3 is 10.1 Å². The quantitative estimate of drug-likeness (QED) is 0.677. The molecule has 0 spiro atoms. The zero-order valence-electron chi connectivity index (χ0n) is 11.4. The average molecular weight is 253 g/mol. The Morgan fingerprint density at radius 2 is 1.83 bits per heavy atom. The van der Waals surface area contributed by atoms with E-state index in [0.29, 0.717) is 19.1 Å². The molecule has 0 unspecified atom stereocenters. The fraction of sp³-hybridized carbons (Fsp3) is 0.600. The minimum atomic E-state index is -0.225. The predicted octanol–water partition coefficient (Wildman–Crippen LogP) is 3.70. The summed E-state index contributed by atoms with van der Waals surface area (Å²) in [6.07, 6.45) is 2.45. The van der Waals surface area contributed by atoms with Gasteiger partial charge in [0.25, 0.3) is 0 Å². The second-order valence-electron chi connectivity index (χ2n) is 4.78. The molecule has 0 aliphatic carbocycles. The third kappa shape index (κ3) is 6.60. The topological polar surface area (TPSA) is 21.3 Å². The Bertz CT molecular complexity index is 311. The lowest BCUT2D eigenvalue weighted by molar-refractivity contribution is 0.301. The summed E-state index contributed by atoms with van der Waals surface area (Å²) in [7, 11) is 0. The first-order valence-electron chi connectivity index (χ1n) is 6.73. The van der Waals surface area contributed by atoms with Crippen LogP contribution in [0.4, 0.5) is 4.39 Å². The molecule has 1 aromatic carbocycles. The maximum atomic E-state index is 11.9. The lowest BCUT2D eigenvalue weighted by Gasteiger charge is -2.09. The van der Waals surface area contributed by atoms with Crippen molar-refractivity contribution in [3.63, 3.8) is 0 Å². The standard InChI is InChI=1S/C15H24FNO/c1-13(2)17-12-14-6-8-15(9-7-14)18-11-5-3-4-10-16/h6-9,13,17H,3-5,10-12H2,1-2H3. The van der Waals surface area contributed by atoms with Crippen molar-refractivity contribution in [1.82, 2.24) is 5.32 Å². The number of hydrogen-bond donors (Lipinski definition) is 1. The summed E-state index contributed by atoms with van der Waals surface area (Å²) in [6, 6.07) is 8.63. The van der Waals surface area contributed by atoms with Crippen LogP contribution >= 0.6 is 0 Å². The van der Waals surface area contributed by atoms with Gasteiger partial charge in [-0.25, -0.2) is 0 Å². The van der Waals surface area contributed by atoms with E-state index in [1.165, 1.54) is 5.56 Å². The van der Waals surface area contributed by atoms with E-state index in [0.717, 1.165) is 25.1 Å². The van der Waals surface area contributed by atoms with Gasteiger partial charge in [-0.1, -0.05) is 26.0 Å². The highest BCUT2D eigenvalue weighted by atomic mass is 19.1. The summed E-state index contributed by atoms with van der Waals surface area (Å²) in [5.41, 5.74) is 1.26. The molecule has 0 aromatic heterocycles. The Labute approximate surface area is 110 Å². The highest BCUT2D eigenvalue weighted by Gasteiger charge is 1.97. The monoisotopic (exact) mass is 253 g/mol. The molecule has 3 heteroatoms. The number of hydrogen-bond acceptors (Lipinski definition) is 2. The minimum Gasteiger partial charge on any atom is -0.494 e.